The van der Waals surface area contributed by atoms with Gasteiger partial charge in [0.05, 0.1) is 17.6 Å². The Balaban J connectivity index is 1.38. The minimum absolute atomic E-state index is 0.0792. The molecule has 0 bridgehead atoms. The van der Waals surface area contributed by atoms with Gasteiger partial charge in [-0.05, 0) is 80.5 Å². The second-order valence-electron chi connectivity index (χ2n) is 10.2. The Hall–Kier alpha value is -3.35. The number of amides is 2. The summed E-state index contributed by atoms with van der Waals surface area (Å²) in [6, 6.07) is 12.2. The maximum absolute atomic E-state index is 12.8. The molecule has 0 radical (unpaired) electrons. The first kappa shape index (κ1) is 23.4. The van der Waals surface area contributed by atoms with Crippen LogP contribution in [0, 0.1) is 19.8 Å². The van der Waals surface area contributed by atoms with Crippen LogP contribution >= 0.6 is 0 Å². The number of anilines is 1. The van der Waals surface area contributed by atoms with Crippen LogP contribution in [0.4, 0.5) is 5.95 Å². The summed E-state index contributed by atoms with van der Waals surface area (Å²) in [4.78, 5) is 31.7. The number of rotatable bonds is 6. The van der Waals surface area contributed by atoms with Crippen LogP contribution in [0.25, 0.3) is 11.0 Å². The molecule has 0 unspecified atom stereocenters. The predicted molar refractivity (Wildman–Crippen MR) is 139 cm³/mol. The van der Waals surface area contributed by atoms with Crippen molar-refractivity contribution in [1.29, 1.82) is 0 Å². The molecule has 7 heteroatoms. The molecule has 7 nitrogen and oxygen atoms in total. The van der Waals surface area contributed by atoms with E-state index in [2.05, 4.69) is 40.8 Å². The lowest BCUT2D eigenvalue weighted by molar-refractivity contribution is -0.126. The van der Waals surface area contributed by atoms with E-state index >= 15 is 0 Å². The van der Waals surface area contributed by atoms with Gasteiger partial charge in [-0.1, -0.05) is 25.0 Å². The van der Waals surface area contributed by atoms with E-state index in [4.69, 9.17) is 10.7 Å². The van der Waals surface area contributed by atoms with Gasteiger partial charge in [-0.2, -0.15) is 0 Å². The van der Waals surface area contributed by atoms with Gasteiger partial charge in [0.25, 0.3) is 0 Å². The van der Waals surface area contributed by atoms with Crippen molar-refractivity contribution in [3.8, 4) is 0 Å². The van der Waals surface area contributed by atoms with Crippen LogP contribution in [0.3, 0.4) is 0 Å². The summed E-state index contributed by atoms with van der Waals surface area (Å²) in [5, 5.41) is 3.28. The third-order valence-corrected chi connectivity index (χ3v) is 7.77. The van der Waals surface area contributed by atoms with Gasteiger partial charge in [-0.15, -0.1) is 0 Å². The maximum Gasteiger partial charge on any atom is 0.248 e. The Kier molecular flexibility index (Phi) is 6.50. The van der Waals surface area contributed by atoms with Crippen LogP contribution in [-0.2, 0) is 11.3 Å². The highest BCUT2D eigenvalue weighted by molar-refractivity contribution is 5.92. The fourth-order valence-corrected chi connectivity index (χ4v) is 5.45. The Morgan fingerprint density at radius 2 is 1.66 bits per heavy atom. The van der Waals surface area contributed by atoms with Crippen molar-refractivity contribution in [1.82, 2.24) is 14.9 Å². The number of piperidine rings is 1. The number of hydrogen-bond acceptors (Lipinski definition) is 4. The summed E-state index contributed by atoms with van der Waals surface area (Å²) < 4.78 is 2.26. The van der Waals surface area contributed by atoms with Crippen molar-refractivity contribution in [2.24, 2.45) is 11.7 Å². The lowest BCUT2D eigenvalue weighted by Gasteiger charge is -2.33. The first-order chi connectivity index (χ1) is 16.9. The maximum atomic E-state index is 12.8. The number of nitrogens with one attached hydrogen (secondary N) is 1. The first-order valence-electron chi connectivity index (χ1n) is 12.8. The Morgan fingerprint density at radius 1 is 1.00 bits per heavy atom. The van der Waals surface area contributed by atoms with Gasteiger partial charge in [-0.3, -0.25) is 9.59 Å². The molecule has 5 rings (SSSR count). The number of fused-ring (bicyclic) bond motifs is 1. The number of hydrogen-bond donors (Lipinski definition) is 2. The van der Waals surface area contributed by atoms with Gasteiger partial charge in [0.2, 0.25) is 17.8 Å². The second kappa shape index (κ2) is 9.72. The molecule has 35 heavy (non-hydrogen) atoms. The van der Waals surface area contributed by atoms with Crippen LogP contribution in [-0.4, -0.2) is 40.5 Å². The monoisotopic (exact) mass is 473 g/mol. The zero-order chi connectivity index (χ0) is 24.5. The number of primary amides is 1. The largest absolute Gasteiger partial charge is 0.366 e. The summed E-state index contributed by atoms with van der Waals surface area (Å²) in [6.07, 6.45) is 6.37. The molecule has 184 valence electrons. The van der Waals surface area contributed by atoms with Gasteiger partial charge in [0, 0.05) is 30.6 Å². The Bertz CT molecular complexity index is 1230. The highest BCUT2D eigenvalue weighted by Crippen LogP contribution is 2.30. The minimum atomic E-state index is -0.420. The molecule has 0 spiro atoms. The molecular formula is C28H35N5O2. The van der Waals surface area contributed by atoms with Crippen molar-refractivity contribution in [3.05, 3.63) is 58.7 Å². The van der Waals surface area contributed by atoms with Crippen molar-refractivity contribution in [2.75, 3.05) is 18.0 Å². The summed E-state index contributed by atoms with van der Waals surface area (Å²) in [5.74, 6) is 0.830. The summed E-state index contributed by atoms with van der Waals surface area (Å²) in [5.41, 5.74) is 11.5. The molecule has 0 atom stereocenters. The molecule has 3 aromatic rings. The van der Waals surface area contributed by atoms with E-state index in [-0.39, 0.29) is 11.8 Å². The highest BCUT2D eigenvalue weighted by Gasteiger charge is 2.29. The molecule has 2 amide bonds. The van der Waals surface area contributed by atoms with Crippen molar-refractivity contribution in [2.45, 2.75) is 65.0 Å². The van der Waals surface area contributed by atoms with Crippen LogP contribution in [0.2, 0.25) is 0 Å². The van der Waals surface area contributed by atoms with E-state index < -0.39 is 5.91 Å². The molecule has 2 heterocycles. The molecule has 2 aliphatic rings. The van der Waals surface area contributed by atoms with Gasteiger partial charge >= 0.3 is 0 Å². The number of aryl methyl sites for hydroxylation is 2. The Labute approximate surface area is 206 Å². The van der Waals surface area contributed by atoms with Gasteiger partial charge in [0.1, 0.15) is 0 Å². The molecule has 1 saturated carbocycles. The number of imidazole rings is 1. The quantitative estimate of drug-likeness (QED) is 0.564. The van der Waals surface area contributed by atoms with Crippen LogP contribution in [0.1, 0.15) is 65.6 Å². The molecule has 1 aliphatic carbocycles. The third-order valence-electron chi connectivity index (χ3n) is 7.77. The van der Waals surface area contributed by atoms with E-state index in [9.17, 15) is 9.59 Å². The molecule has 1 aliphatic heterocycles. The molecule has 1 aromatic heterocycles. The van der Waals surface area contributed by atoms with E-state index in [1.54, 1.807) is 12.1 Å². The molecular weight excluding hydrogens is 438 g/mol. The van der Waals surface area contributed by atoms with E-state index in [1.807, 2.05) is 12.1 Å². The number of carbonyl (C=O) groups excluding carboxylic acids is 2. The zero-order valence-corrected chi connectivity index (χ0v) is 20.7. The van der Waals surface area contributed by atoms with Gasteiger partial charge in [0.15, 0.2) is 0 Å². The number of carbonyl (C=O) groups is 2. The third kappa shape index (κ3) is 4.90. The average molecular weight is 474 g/mol. The standard InChI is InChI=1S/C28H35N5O2/c1-18-15-24-25(16-19(18)2)33(17-20-7-9-21(10-8-20)26(29)34)28(31-24)32-13-11-22(12-14-32)27(35)30-23-5-3-4-6-23/h7-10,15-16,22-23H,3-6,11-14,17H2,1-2H3,(H2,29,34)(H,30,35). The van der Waals surface area contributed by atoms with E-state index in [0.29, 0.717) is 18.2 Å². The molecule has 2 aromatic carbocycles. The SMILES string of the molecule is Cc1cc2nc(N3CCC(C(=O)NC4CCCC4)CC3)n(Cc3ccc(C(N)=O)cc3)c2cc1C. The molecule has 3 N–H and O–H groups in total. The normalized spacial score (nSPS) is 17.3. The topological polar surface area (TPSA) is 93.2 Å². The van der Waals surface area contributed by atoms with Crippen molar-refractivity contribution < 1.29 is 9.59 Å². The smallest absolute Gasteiger partial charge is 0.248 e. The number of nitrogens with two attached hydrogens (primary N) is 1. The number of benzene rings is 2. The van der Waals surface area contributed by atoms with Gasteiger partial charge in [-0.25, -0.2) is 4.98 Å². The summed E-state index contributed by atoms with van der Waals surface area (Å²) in [7, 11) is 0. The summed E-state index contributed by atoms with van der Waals surface area (Å²) in [6.45, 7) is 6.51. The number of aromatic nitrogens is 2. The number of nitrogens with zero attached hydrogens (tertiary/aromatic N) is 3. The predicted octanol–water partition coefficient (Wildman–Crippen LogP) is 4.08. The van der Waals surface area contributed by atoms with Gasteiger partial charge < -0.3 is 20.5 Å². The van der Waals surface area contributed by atoms with Crippen LogP contribution in [0.5, 0.6) is 0 Å². The van der Waals surface area contributed by atoms with Crippen molar-refractivity contribution >= 4 is 28.8 Å². The highest BCUT2D eigenvalue weighted by atomic mass is 16.2. The first-order valence-corrected chi connectivity index (χ1v) is 12.8. The molecule has 2 fully saturated rings. The summed E-state index contributed by atoms with van der Waals surface area (Å²) >= 11 is 0. The van der Waals surface area contributed by atoms with E-state index in [1.165, 1.54) is 24.0 Å². The second-order valence-corrected chi connectivity index (χ2v) is 10.2. The lowest BCUT2D eigenvalue weighted by atomic mass is 9.95. The fourth-order valence-electron chi connectivity index (χ4n) is 5.45. The van der Waals surface area contributed by atoms with Crippen LogP contribution < -0.4 is 16.0 Å². The Morgan fingerprint density at radius 3 is 2.31 bits per heavy atom. The molecule has 1 saturated heterocycles. The lowest BCUT2D eigenvalue weighted by Crippen LogP contribution is -2.43. The fraction of sp³-hybridized carbons (Fsp3) is 0.464. The zero-order valence-electron chi connectivity index (χ0n) is 20.7. The van der Waals surface area contributed by atoms with Crippen molar-refractivity contribution in [3.63, 3.8) is 0 Å². The minimum Gasteiger partial charge on any atom is -0.366 e. The van der Waals surface area contributed by atoms with E-state index in [0.717, 1.165) is 61.3 Å². The average Bonchev–Trinajstić information content (AvgIpc) is 3.48. The van der Waals surface area contributed by atoms with Crippen LogP contribution in [0.15, 0.2) is 36.4 Å².